The smallest absolute Gasteiger partial charge is 0.241 e. The van der Waals surface area contributed by atoms with Crippen molar-refractivity contribution >= 4 is 15.9 Å². The minimum atomic E-state index is -3.94. The van der Waals surface area contributed by atoms with Gasteiger partial charge in [-0.25, -0.2) is 8.42 Å². The van der Waals surface area contributed by atoms with E-state index in [1.54, 1.807) is 6.92 Å². The Labute approximate surface area is 153 Å². The molecule has 1 amide bonds. The Bertz CT molecular complexity index is 822. The molecule has 0 fully saturated rings. The van der Waals surface area contributed by atoms with Crippen LogP contribution in [0.5, 0.6) is 5.75 Å². The van der Waals surface area contributed by atoms with Crippen LogP contribution in [0.15, 0.2) is 59.5 Å². The van der Waals surface area contributed by atoms with Gasteiger partial charge in [-0.1, -0.05) is 30.3 Å². The van der Waals surface area contributed by atoms with Gasteiger partial charge in [0.2, 0.25) is 15.9 Å². The van der Waals surface area contributed by atoms with Crippen molar-refractivity contribution in [3.8, 4) is 5.75 Å². The second kappa shape index (κ2) is 8.79. The zero-order valence-electron chi connectivity index (χ0n) is 14.6. The topological polar surface area (TPSA) is 108 Å². The Morgan fingerprint density at radius 2 is 1.73 bits per heavy atom. The van der Waals surface area contributed by atoms with E-state index < -0.39 is 28.1 Å². The van der Waals surface area contributed by atoms with E-state index in [2.05, 4.69) is 4.72 Å². The van der Waals surface area contributed by atoms with Crippen LogP contribution in [-0.4, -0.2) is 33.6 Å². The monoisotopic (exact) mass is 378 g/mol. The lowest BCUT2D eigenvalue weighted by Crippen LogP contribution is -2.51. The van der Waals surface area contributed by atoms with Gasteiger partial charge in [-0.2, -0.15) is 4.72 Å². The summed E-state index contributed by atoms with van der Waals surface area (Å²) in [4.78, 5) is 11.8. The van der Waals surface area contributed by atoms with Gasteiger partial charge in [-0.3, -0.25) is 4.79 Å². The van der Waals surface area contributed by atoms with Crippen LogP contribution in [0.1, 0.15) is 12.5 Å². The van der Waals surface area contributed by atoms with Crippen molar-refractivity contribution < 1.29 is 22.7 Å². The Kier molecular flexibility index (Phi) is 6.73. The molecule has 0 radical (unpaired) electrons. The molecule has 0 aliphatic heterocycles. The molecule has 0 spiro atoms. The first kappa shape index (κ1) is 19.9. The van der Waals surface area contributed by atoms with E-state index in [0.717, 1.165) is 5.56 Å². The molecule has 2 atom stereocenters. The standard InChI is InChI=1S/C18H22N2O5S/c1-13(25-12-14-6-4-3-5-7-14)17(18(19)21)20-26(22,23)16-10-8-15(24-2)9-11-16/h3-11,13,17,20H,12H2,1-2H3,(H2,19,21). The Hall–Kier alpha value is -2.42. The third-order valence-corrected chi connectivity index (χ3v) is 5.24. The largest absolute Gasteiger partial charge is 0.497 e. The second-order valence-corrected chi connectivity index (χ2v) is 7.39. The average Bonchev–Trinajstić information content (AvgIpc) is 2.65. The summed E-state index contributed by atoms with van der Waals surface area (Å²) in [6.45, 7) is 1.82. The van der Waals surface area contributed by atoms with E-state index in [0.29, 0.717) is 5.75 Å². The zero-order chi connectivity index (χ0) is 19.2. The van der Waals surface area contributed by atoms with Crippen LogP contribution >= 0.6 is 0 Å². The van der Waals surface area contributed by atoms with Crippen molar-refractivity contribution in [2.45, 2.75) is 30.6 Å². The molecular formula is C18H22N2O5S. The molecule has 3 N–H and O–H groups in total. The Morgan fingerprint density at radius 1 is 1.12 bits per heavy atom. The van der Waals surface area contributed by atoms with E-state index in [1.165, 1.54) is 31.4 Å². The number of carbonyl (C=O) groups excluding carboxylic acids is 1. The van der Waals surface area contributed by atoms with Crippen LogP contribution < -0.4 is 15.2 Å². The van der Waals surface area contributed by atoms with Crippen LogP contribution in [0.4, 0.5) is 0 Å². The average molecular weight is 378 g/mol. The Morgan fingerprint density at radius 3 is 2.27 bits per heavy atom. The van der Waals surface area contributed by atoms with Crippen molar-refractivity contribution in [1.29, 1.82) is 0 Å². The number of primary amides is 1. The molecule has 0 aromatic heterocycles. The number of sulfonamides is 1. The van der Waals surface area contributed by atoms with Gasteiger partial charge in [0.1, 0.15) is 11.8 Å². The molecule has 7 nitrogen and oxygen atoms in total. The van der Waals surface area contributed by atoms with Crippen molar-refractivity contribution in [2.75, 3.05) is 7.11 Å². The summed E-state index contributed by atoms with van der Waals surface area (Å²) >= 11 is 0. The van der Waals surface area contributed by atoms with Gasteiger partial charge in [0.05, 0.1) is 24.7 Å². The van der Waals surface area contributed by atoms with E-state index in [9.17, 15) is 13.2 Å². The van der Waals surface area contributed by atoms with E-state index >= 15 is 0 Å². The highest BCUT2D eigenvalue weighted by Crippen LogP contribution is 2.16. The molecule has 8 heteroatoms. The lowest BCUT2D eigenvalue weighted by Gasteiger charge is -2.22. The number of rotatable bonds is 9. The molecule has 0 aliphatic rings. The number of nitrogens with one attached hydrogen (secondary N) is 1. The maximum Gasteiger partial charge on any atom is 0.241 e. The summed E-state index contributed by atoms with van der Waals surface area (Å²) in [5, 5.41) is 0. The van der Waals surface area contributed by atoms with Crippen molar-refractivity contribution in [2.24, 2.45) is 5.73 Å². The molecule has 2 aromatic carbocycles. The fraction of sp³-hybridized carbons (Fsp3) is 0.278. The predicted molar refractivity (Wildman–Crippen MR) is 97.0 cm³/mol. The van der Waals surface area contributed by atoms with Crippen molar-refractivity contribution in [3.63, 3.8) is 0 Å². The van der Waals surface area contributed by atoms with Crippen molar-refractivity contribution in [3.05, 3.63) is 60.2 Å². The van der Waals surface area contributed by atoms with Gasteiger partial charge in [0.25, 0.3) is 0 Å². The first-order valence-corrected chi connectivity index (χ1v) is 9.43. The third kappa shape index (κ3) is 5.29. The molecule has 26 heavy (non-hydrogen) atoms. The van der Waals surface area contributed by atoms with Gasteiger partial charge in [0.15, 0.2) is 0 Å². The fourth-order valence-corrected chi connectivity index (χ4v) is 3.55. The summed E-state index contributed by atoms with van der Waals surface area (Å²) in [6, 6.07) is 13.9. The van der Waals surface area contributed by atoms with Crippen LogP contribution in [0.3, 0.4) is 0 Å². The second-order valence-electron chi connectivity index (χ2n) is 5.68. The molecule has 0 saturated heterocycles. The third-order valence-electron chi connectivity index (χ3n) is 3.78. The SMILES string of the molecule is COc1ccc(S(=O)(=O)NC(C(N)=O)C(C)OCc2ccccc2)cc1. The quantitative estimate of drug-likeness (QED) is 0.686. The highest BCUT2D eigenvalue weighted by Gasteiger charge is 2.29. The normalized spacial score (nSPS) is 13.8. The lowest BCUT2D eigenvalue weighted by molar-refractivity contribution is -0.123. The molecule has 2 unspecified atom stereocenters. The summed E-state index contributed by atoms with van der Waals surface area (Å²) in [6.07, 6.45) is -0.749. The summed E-state index contributed by atoms with van der Waals surface area (Å²) < 4.78 is 38.0. The van der Waals surface area contributed by atoms with Gasteiger partial charge < -0.3 is 15.2 Å². The fourth-order valence-electron chi connectivity index (χ4n) is 2.27. The number of hydrogen-bond donors (Lipinski definition) is 2. The predicted octanol–water partition coefficient (Wildman–Crippen LogP) is 1.43. The number of carbonyl (C=O) groups is 1. The van der Waals surface area contributed by atoms with Gasteiger partial charge in [-0.15, -0.1) is 0 Å². The molecule has 0 bridgehead atoms. The highest BCUT2D eigenvalue weighted by atomic mass is 32.2. The molecular weight excluding hydrogens is 356 g/mol. The summed E-state index contributed by atoms with van der Waals surface area (Å²) in [5.41, 5.74) is 6.27. The first-order valence-electron chi connectivity index (χ1n) is 7.94. The van der Waals surface area contributed by atoms with Crippen LogP contribution in [0, 0.1) is 0 Å². The maximum absolute atomic E-state index is 12.5. The molecule has 2 rings (SSSR count). The van der Waals surface area contributed by atoms with Crippen LogP contribution in [0.2, 0.25) is 0 Å². The molecule has 0 saturated carbocycles. The molecule has 140 valence electrons. The molecule has 0 heterocycles. The number of hydrogen-bond acceptors (Lipinski definition) is 5. The van der Waals surface area contributed by atoms with Crippen LogP contribution in [-0.2, 0) is 26.2 Å². The minimum Gasteiger partial charge on any atom is -0.497 e. The molecule has 0 aliphatic carbocycles. The van der Waals surface area contributed by atoms with E-state index in [-0.39, 0.29) is 11.5 Å². The number of nitrogens with two attached hydrogens (primary N) is 1. The number of amides is 1. The first-order chi connectivity index (χ1) is 12.3. The van der Waals surface area contributed by atoms with Gasteiger partial charge in [-0.05, 0) is 36.8 Å². The number of ether oxygens (including phenoxy) is 2. The number of methoxy groups -OCH3 is 1. The minimum absolute atomic E-state index is 0.000177. The van der Waals surface area contributed by atoms with Gasteiger partial charge in [0, 0.05) is 0 Å². The van der Waals surface area contributed by atoms with Crippen molar-refractivity contribution in [1.82, 2.24) is 4.72 Å². The van der Waals surface area contributed by atoms with E-state index in [4.69, 9.17) is 15.2 Å². The number of benzene rings is 2. The Balaban J connectivity index is 2.09. The summed E-state index contributed by atoms with van der Waals surface area (Å²) in [5.74, 6) is -0.294. The van der Waals surface area contributed by atoms with E-state index in [1.807, 2.05) is 30.3 Å². The maximum atomic E-state index is 12.5. The zero-order valence-corrected chi connectivity index (χ0v) is 15.4. The summed E-state index contributed by atoms with van der Waals surface area (Å²) in [7, 11) is -2.46. The highest BCUT2D eigenvalue weighted by molar-refractivity contribution is 7.89. The van der Waals surface area contributed by atoms with Crippen LogP contribution in [0.25, 0.3) is 0 Å². The van der Waals surface area contributed by atoms with Gasteiger partial charge >= 0.3 is 0 Å². The lowest BCUT2D eigenvalue weighted by atomic mass is 10.2. The molecule has 2 aromatic rings.